The van der Waals surface area contributed by atoms with Crippen molar-refractivity contribution in [2.24, 2.45) is 5.41 Å². The van der Waals surface area contributed by atoms with Crippen LogP contribution in [0.1, 0.15) is 74.3 Å². The zero-order chi connectivity index (χ0) is 29.3. The van der Waals surface area contributed by atoms with Crippen LogP contribution in [-0.2, 0) is 11.3 Å². The molecule has 1 heterocycles. The third-order valence-electron chi connectivity index (χ3n) is 4.88. The van der Waals surface area contributed by atoms with Crippen molar-refractivity contribution < 1.29 is 14.7 Å². The number of aryl methyl sites for hydroxylation is 1. The molecule has 2 rings (SSSR count). The van der Waals surface area contributed by atoms with Crippen LogP contribution in [0.15, 0.2) is 47.8 Å². The molecule has 1 aromatic carbocycles. The summed E-state index contributed by atoms with van der Waals surface area (Å²) in [6.07, 6.45) is 2.96. The number of nitrogens with one attached hydrogen (secondary N) is 2. The van der Waals surface area contributed by atoms with E-state index in [0.29, 0.717) is 17.6 Å². The Morgan fingerprint density at radius 1 is 1.16 bits per heavy atom. The molecule has 8 nitrogen and oxygen atoms in total. The van der Waals surface area contributed by atoms with Crippen molar-refractivity contribution in [3.63, 3.8) is 0 Å². The van der Waals surface area contributed by atoms with E-state index in [4.69, 9.17) is 5.11 Å². The molecule has 3 N–H and O–H groups in total. The molecule has 0 aliphatic rings. The molecule has 0 radical (unpaired) electrons. The number of aliphatic hydroxyl groups is 1. The van der Waals surface area contributed by atoms with Crippen molar-refractivity contribution in [3.8, 4) is 0 Å². The minimum absolute atomic E-state index is 0.0817. The summed E-state index contributed by atoms with van der Waals surface area (Å²) in [7, 11) is 0. The second-order valence-electron chi connectivity index (χ2n) is 9.06. The maximum absolute atomic E-state index is 13.1. The number of benzene rings is 1. The number of para-hydroxylation sites is 1. The lowest BCUT2D eigenvalue weighted by atomic mass is 9.86. The van der Waals surface area contributed by atoms with Gasteiger partial charge in [0.15, 0.2) is 0 Å². The van der Waals surface area contributed by atoms with Crippen molar-refractivity contribution in [1.82, 2.24) is 19.8 Å². The van der Waals surface area contributed by atoms with Crippen LogP contribution in [0.5, 0.6) is 0 Å². The zero-order valence-corrected chi connectivity index (χ0v) is 24.7. The molecule has 2 aromatic rings. The third-order valence-corrected chi connectivity index (χ3v) is 4.88. The van der Waals surface area contributed by atoms with Crippen LogP contribution in [0, 0.1) is 12.3 Å². The number of carbonyl (C=O) groups excluding carboxylic acids is 2. The van der Waals surface area contributed by atoms with Crippen LogP contribution in [-0.4, -0.2) is 45.4 Å². The number of fused-ring (bicyclic) bond motifs is 1. The maximum Gasteiger partial charge on any atom is 0.337 e. The van der Waals surface area contributed by atoms with Gasteiger partial charge in [-0.25, -0.2) is 14.2 Å². The fraction of sp³-hybridized carbons (Fsp3) is 0.552. The highest BCUT2D eigenvalue weighted by Gasteiger charge is 2.34. The molecule has 1 atom stereocenters. The average molecular weight is 519 g/mol. The van der Waals surface area contributed by atoms with Gasteiger partial charge >= 0.3 is 11.7 Å². The lowest BCUT2D eigenvalue weighted by Crippen LogP contribution is -2.55. The predicted molar refractivity (Wildman–Crippen MR) is 156 cm³/mol. The van der Waals surface area contributed by atoms with Gasteiger partial charge in [0.05, 0.1) is 17.6 Å². The van der Waals surface area contributed by atoms with E-state index in [9.17, 15) is 14.4 Å². The summed E-state index contributed by atoms with van der Waals surface area (Å²) >= 11 is 0. The highest BCUT2D eigenvalue weighted by molar-refractivity contribution is 5.94. The Kier molecular flexibility index (Phi) is 17.7. The number of amides is 2. The van der Waals surface area contributed by atoms with Crippen molar-refractivity contribution in [1.29, 1.82) is 0 Å². The molecule has 0 saturated carbocycles. The maximum atomic E-state index is 13.1. The first-order chi connectivity index (χ1) is 17.4. The zero-order valence-electron chi connectivity index (χ0n) is 24.7. The molecule has 0 aliphatic carbocycles. The van der Waals surface area contributed by atoms with Crippen LogP contribution in [0.4, 0.5) is 4.79 Å². The van der Waals surface area contributed by atoms with Crippen LogP contribution >= 0.6 is 0 Å². The van der Waals surface area contributed by atoms with Gasteiger partial charge in [0.25, 0.3) is 0 Å². The summed E-state index contributed by atoms with van der Waals surface area (Å²) in [5.74, 6) is -0.421. The first-order valence-electron chi connectivity index (χ1n) is 13.1. The van der Waals surface area contributed by atoms with Gasteiger partial charge in [-0.1, -0.05) is 85.8 Å². The number of imidazole rings is 1. The summed E-state index contributed by atoms with van der Waals surface area (Å²) in [5, 5.41) is 14.2. The van der Waals surface area contributed by atoms with Gasteiger partial charge in [-0.15, -0.1) is 6.58 Å². The number of aromatic nitrogens is 2. The van der Waals surface area contributed by atoms with E-state index >= 15 is 0 Å². The average Bonchev–Trinajstić information content (AvgIpc) is 3.14. The summed E-state index contributed by atoms with van der Waals surface area (Å²) in [4.78, 5) is 38.7. The Balaban J connectivity index is 0. The Morgan fingerprint density at radius 2 is 1.70 bits per heavy atom. The molecule has 0 saturated heterocycles. The first kappa shape index (κ1) is 36.0. The highest BCUT2D eigenvalue weighted by atomic mass is 16.3. The number of rotatable bonds is 7. The van der Waals surface area contributed by atoms with E-state index in [1.165, 1.54) is 4.57 Å². The molecule has 37 heavy (non-hydrogen) atoms. The van der Waals surface area contributed by atoms with Crippen molar-refractivity contribution in [2.75, 3.05) is 13.2 Å². The van der Waals surface area contributed by atoms with E-state index in [1.807, 2.05) is 74.5 Å². The molecule has 1 aromatic heterocycles. The third kappa shape index (κ3) is 10.8. The van der Waals surface area contributed by atoms with E-state index in [1.54, 1.807) is 12.1 Å². The standard InChI is InChI=1S/C21H30N4O4.C4H8.2C2H6/c1-13(2)12-24-16-14(3)8-7-9-15(16)25(20(24)29)19(28)23-17(21(4,5)6)18(27)22-10-11-26;1-3-4-2;2*1-2/h7-9,17,26H,1,10-12H2,2-6H3,(H,22,27)(H,23,28);3H,1,4H2,2H3;2*1-2H3/t17-;;;/m1.../s1. The Morgan fingerprint density at radius 3 is 2.14 bits per heavy atom. The summed E-state index contributed by atoms with van der Waals surface area (Å²) in [5.41, 5.74) is 1.68. The Hall–Kier alpha value is -3.13. The molecule has 0 fully saturated rings. The van der Waals surface area contributed by atoms with Gasteiger partial charge in [-0.3, -0.25) is 9.36 Å². The Labute approximate surface area is 223 Å². The van der Waals surface area contributed by atoms with Gasteiger partial charge in [0, 0.05) is 13.1 Å². The van der Waals surface area contributed by atoms with Crippen LogP contribution < -0.4 is 16.3 Å². The quantitative estimate of drug-likeness (QED) is 0.427. The van der Waals surface area contributed by atoms with Crippen molar-refractivity contribution in [2.45, 2.75) is 88.2 Å². The molecule has 8 heteroatoms. The topological polar surface area (TPSA) is 105 Å². The number of carbonyl (C=O) groups is 2. The van der Waals surface area contributed by atoms with Crippen molar-refractivity contribution >= 4 is 23.0 Å². The lowest BCUT2D eigenvalue weighted by Gasteiger charge is -2.30. The van der Waals surface area contributed by atoms with E-state index in [-0.39, 0.29) is 13.2 Å². The number of hydrogen-bond donors (Lipinski definition) is 3. The lowest BCUT2D eigenvalue weighted by molar-refractivity contribution is -0.125. The predicted octanol–water partition coefficient (Wildman–Crippen LogP) is 5.40. The SMILES string of the molecule is C=C(C)Cn1c(=O)n(C(=O)N[C@H](C(=O)NCCO)C(C)(C)C)c2cccc(C)c21.C=CCC.CC.CC. The molecule has 0 spiro atoms. The van der Waals surface area contributed by atoms with Gasteiger partial charge < -0.3 is 15.7 Å². The van der Waals surface area contributed by atoms with Gasteiger partial charge in [0.2, 0.25) is 5.91 Å². The number of nitrogens with zero attached hydrogens (tertiary/aromatic N) is 2. The van der Waals surface area contributed by atoms with E-state index < -0.39 is 29.1 Å². The van der Waals surface area contributed by atoms with Crippen molar-refractivity contribution in [3.05, 3.63) is 59.1 Å². The minimum atomic E-state index is -0.891. The smallest absolute Gasteiger partial charge is 0.337 e. The summed E-state index contributed by atoms with van der Waals surface area (Å²) in [6, 6.07) is 3.79. The van der Waals surface area contributed by atoms with E-state index in [2.05, 4.69) is 30.7 Å². The highest BCUT2D eigenvalue weighted by Crippen LogP contribution is 2.21. The van der Waals surface area contributed by atoms with Crippen LogP contribution in [0.3, 0.4) is 0 Å². The van der Waals surface area contributed by atoms with Gasteiger partial charge in [-0.2, -0.15) is 0 Å². The monoisotopic (exact) mass is 518 g/mol. The van der Waals surface area contributed by atoms with Gasteiger partial charge in [-0.05, 0) is 37.3 Å². The molecule has 0 bridgehead atoms. The largest absolute Gasteiger partial charge is 0.395 e. The number of hydrogen-bond acceptors (Lipinski definition) is 4. The normalized spacial score (nSPS) is 10.9. The molecular weight excluding hydrogens is 468 g/mol. The number of allylic oxidation sites excluding steroid dienone is 2. The van der Waals surface area contributed by atoms with E-state index in [0.717, 1.165) is 22.1 Å². The van der Waals surface area contributed by atoms with Crippen LogP contribution in [0.2, 0.25) is 0 Å². The molecular formula is C29H50N4O4. The fourth-order valence-corrected chi connectivity index (χ4v) is 3.25. The molecule has 0 aliphatic heterocycles. The molecule has 2 amide bonds. The molecule has 210 valence electrons. The summed E-state index contributed by atoms with van der Waals surface area (Å²) in [6.45, 7) is 26.7. The number of aliphatic hydroxyl groups excluding tert-OH is 1. The minimum Gasteiger partial charge on any atom is -0.395 e. The fourth-order valence-electron chi connectivity index (χ4n) is 3.25. The second-order valence-corrected chi connectivity index (χ2v) is 9.06. The second kappa shape index (κ2) is 18.2. The van der Waals surface area contributed by atoms with Crippen LogP contribution in [0.25, 0.3) is 11.0 Å². The summed E-state index contributed by atoms with van der Waals surface area (Å²) < 4.78 is 2.58. The molecule has 0 unspecified atom stereocenters. The van der Waals surface area contributed by atoms with Gasteiger partial charge in [0.1, 0.15) is 6.04 Å². The Bertz CT molecular complexity index is 1060. The first-order valence-corrected chi connectivity index (χ1v) is 13.1.